The van der Waals surface area contributed by atoms with Crippen molar-refractivity contribution in [3.05, 3.63) is 0 Å². The molecule has 0 aromatic rings. The highest BCUT2D eigenvalue weighted by molar-refractivity contribution is 6.17. The van der Waals surface area contributed by atoms with Gasteiger partial charge in [0.25, 0.3) is 0 Å². The molecule has 0 nitrogen and oxygen atoms in total. The molecule has 1 heteroatoms. The van der Waals surface area contributed by atoms with Crippen molar-refractivity contribution < 1.29 is 0 Å². The van der Waals surface area contributed by atoms with Gasteiger partial charge in [-0.25, -0.2) is 0 Å². The van der Waals surface area contributed by atoms with Crippen LogP contribution in [0.5, 0.6) is 0 Å². The van der Waals surface area contributed by atoms with Crippen LogP contribution in [-0.2, 0) is 0 Å². The maximum Gasteiger partial charge on any atom is 0.0223 e. The van der Waals surface area contributed by atoms with Crippen LogP contribution in [0.3, 0.4) is 0 Å². The van der Waals surface area contributed by atoms with Crippen LogP contribution >= 0.6 is 11.6 Å². The van der Waals surface area contributed by atoms with Crippen LogP contribution in [-0.4, -0.2) is 5.88 Å². The van der Waals surface area contributed by atoms with Crippen molar-refractivity contribution in [1.82, 2.24) is 0 Å². The molecule has 0 unspecified atom stereocenters. The molecule has 0 aliphatic carbocycles. The van der Waals surface area contributed by atoms with Gasteiger partial charge in [0.2, 0.25) is 0 Å². The molecule has 0 rings (SSSR count). The highest BCUT2D eigenvalue weighted by Gasteiger charge is 1.91. The summed E-state index contributed by atoms with van der Waals surface area (Å²) in [5.41, 5.74) is 0. The first-order valence-electron chi connectivity index (χ1n) is 7.93. The summed E-state index contributed by atoms with van der Waals surface area (Å²) in [4.78, 5) is 0. The standard InChI is InChI=1S/C17H31Cl/c1-2-3-4-5-6-7-8-9-10-11-12-13-14-15-16-17-18/h2-5,8-17H2,1H3. The molecule has 0 amide bonds. The second-order valence-corrected chi connectivity index (χ2v) is 5.46. The lowest BCUT2D eigenvalue weighted by atomic mass is 10.1. The molecule has 18 heavy (non-hydrogen) atoms. The zero-order chi connectivity index (χ0) is 13.3. The van der Waals surface area contributed by atoms with Crippen molar-refractivity contribution >= 4 is 11.6 Å². The van der Waals surface area contributed by atoms with Gasteiger partial charge in [0, 0.05) is 18.7 Å². The number of halogens is 1. The minimum Gasteiger partial charge on any atom is -0.127 e. The Kier molecular flexibility index (Phi) is 16.7. The van der Waals surface area contributed by atoms with E-state index in [9.17, 15) is 0 Å². The molecule has 0 spiro atoms. The van der Waals surface area contributed by atoms with Gasteiger partial charge in [-0.05, 0) is 19.3 Å². The first-order chi connectivity index (χ1) is 8.91. The van der Waals surface area contributed by atoms with Crippen LogP contribution in [0.2, 0.25) is 0 Å². The van der Waals surface area contributed by atoms with Crippen molar-refractivity contribution in [3.63, 3.8) is 0 Å². The van der Waals surface area contributed by atoms with Crippen molar-refractivity contribution in [1.29, 1.82) is 0 Å². The van der Waals surface area contributed by atoms with E-state index >= 15 is 0 Å². The fraction of sp³-hybridized carbons (Fsp3) is 0.882. The Balaban J connectivity index is 3.02. The van der Waals surface area contributed by atoms with Crippen molar-refractivity contribution in [2.75, 3.05) is 5.88 Å². The predicted octanol–water partition coefficient (Wildman–Crippen LogP) is 6.32. The van der Waals surface area contributed by atoms with E-state index in [0.717, 1.165) is 18.7 Å². The molecule has 0 bridgehead atoms. The maximum absolute atomic E-state index is 5.64. The first-order valence-corrected chi connectivity index (χ1v) is 8.47. The average Bonchev–Trinajstić information content (AvgIpc) is 2.39. The Morgan fingerprint density at radius 1 is 0.611 bits per heavy atom. The van der Waals surface area contributed by atoms with Crippen molar-refractivity contribution in [2.45, 2.75) is 90.4 Å². The van der Waals surface area contributed by atoms with Gasteiger partial charge in [-0.2, -0.15) is 0 Å². The summed E-state index contributed by atoms with van der Waals surface area (Å²) < 4.78 is 0. The predicted molar refractivity (Wildman–Crippen MR) is 84.2 cm³/mol. The largest absolute Gasteiger partial charge is 0.127 e. The van der Waals surface area contributed by atoms with Gasteiger partial charge >= 0.3 is 0 Å². The van der Waals surface area contributed by atoms with Crippen LogP contribution in [0.15, 0.2) is 0 Å². The van der Waals surface area contributed by atoms with Gasteiger partial charge < -0.3 is 0 Å². The number of unbranched alkanes of at least 4 members (excludes halogenated alkanes) is 11. The van der Waals surface area contributed by atoms with Crippen LogP contribution in [0, 0.1) is 11.8 Å². The number of hydrogen-bond donors (Lipinski definition) is 0. The third kappa shape index (κ3) is 15.9. The van der Waals surface area contributed by atoms with E-state index in [-0.39, 0.29) is 0 Å². The summed E-state index contributed by atoms with van der Waals surface area (Å²) in [5.74, 6) is 7.41. The van der Waals surface area contributed by atoms with Crippen LogP contribution in [0.4, 0.5) is 0 Å². The zero-order valence-electron chi connectivity index (χ0n) is 12.3. The Bertz CT molecular complexity index is 199. The van der Waals surface area contributed by atoms with Gasteiger partial charge in [0.15, 0.2) is 0 Å². The van der Waals surface area contributed by atoms with Crippen LogP contribution in [0.1, 0.15) is 90.4 Å². The molecule has 0 saturated heterocycles. The normalized spacial score (nSPS) is 10.1. The molecule has 0 aromatic heterocycles. The average molecular weight is 271 g/mol. The molecule has 0 aromatic carbocycles. The van der Waals surface area contributed by atoms with Gasteiger partial charge in [-0.3, -0.25) is 0 Å². The fourth-order valence-corrected chi connectivity index (χ4v) is 2.20. The van der Waals surface area contributed by atoms with Crippen LogP contribution in [0.25, 0.3) is 0 Å². The molecule has 106 valence electrons. The van der Waals surface area contributed by atoms with Gasteiger partial charge in [0.05, 0.1) is 0 Å². The Hall–Kier alpha value is -0.150. The smallest absolute Gasteiger partial charge is 0.0223 e. The second-order valence-electron chi connectivity index (χ2n) is 5.08. The molecule has 0 atom stereocenters. The quantitative estimate of drug-likeness (QED) is 0.221. The second kappa shape index (κ2) is 16.9. The number of rotatable bonds is 12. The lowest BCUT2D eigenvalue weighted by Crippen LogP contribution is -1.81. The lowest BCUT2D eigenvalue weighted by Gasteiger charge is -1.99. The summed E-state index contributed by atoms with van der Waals surface area (Å²) in [6, 6.07) is 0. The molecule has 0 aliphatic rings. The van der Waals surface area contributed by atoms with E-state index in [4.69, 9.17) is 11.6 Å². The molecule has 0 saturated carbocycles. The SMILES string of the molecule is CCCCCC#CCCCCCCCCCCCl. The van der Waals surface area contributed by atoms with Crippen LogP contribution < -0.4 is 0 Å². The third-order valence-corrected chi connectivity index (χ3v) is 3.48. The highest BCUT2D eigenvalue weighted by Crippen LogP contribution is 2.09. The summed E-state index contributed by atoms with van der Waals surface area (Å²) in [6.45, 7) is 2.24. The molecule has 0 fully saturated rings. The first kappa shape index (κ1) is 17.8. The zero-order valence-corrected chi connectivity index (χ0v) is 13.0. The van der Waals surface area contributed by atoms with E-state index in [0.29, 0.717) is 0 Å². The maximum atomic E-state index is 5.64. The minimum atomic E-state index is 0.830. The summed E-state index contributed by atoms with van der Waals surface area (Å²) in [5, 5.41) is 0. The van der Waals surface area contributed by atoms with E-state index in [1.165, 1.54) is 70.6 Å². The van der Waals surface area contributed by atoms with Crippen molar-refractivity contribution in [2.24, 2.45) is 0 Å². The summed E-state index contributed by atoms with van der Waals surface area (Å²) in [6.07, 6.45) is 16.8. The minimum absolute atomic E-state index is 0.830. The molecule has 0 N–H and O–H groups in total. The van der Waals surface area contributed by atoms with E-state index in [1.54, 1.807) is 0 Å². The molecule has 0 radical (unpaired) electrons. The van der Waals surface area contributed by atoms with Gasteiger partial charge in [-0.1, -0.05) is 58.3 Å². The molecular weight excluding hydrogens is 240 g/mol. The Morgan fingerprint density at radius 3 is 1.56 bits per heavy atom. The summed E-state index contributed by atoms with van der Waals surface area (Å²) >= 11 is 5.64. The fourth-order valence-electron chi connectivity index (χ4n) is 2.01. The topological polar surface area (TPSA) is 0 Å². The Morgan fingerprint density at radius 2 is 1.06 bits per heavy atom. The molecular formula is C17H31Cl. The number of alkyl halides is 1. The lowest BCUT2D eigenvalue weighted by molar-refractivity contribution is 0.580. The van der Waals surface area contributed by atoms with Gasteiger partial charge in [0.1, 0.15) is 0 Å². The third-order valence-electron chi connectivity index (χ3n) is 3.22. The monoisotopic (exact) mass is 270 g/mol. The van der Waals surface area contributed by atoms with E-state index in [2.05, 4.69) is 18.8 Å². The molecule has 0 heterocycles. The number of hydrogen-bond acceptors (Lipinski definition) is 0. The van der Waals surface area contributed by atoms with E-state index in [1.807, 2.05) is 0 Å². The van der Waals surface area contributed by atoms with Crippen molar-refractivity contribution in [3.8, 4) is 11.8 Å². The highest BCUT2D eigenvalue weighted by atomic mass is 35.5. The van der Waals surface area contributed by atoms with E-state index < -0.39 is 0 Å². The Labute approximate surface area is 120 Å². The molecule has 0 aliphatic heterocycles. The van der Waals surface area contributed by atoms with Gasteiger partial charge in [-0.15, -0.1) is 23.4 Å². The summed E-state index contributed by atoms with van der Waals surface area (Å²) in [7, 11) is 0.